The molecule has 6 heteroatoms. The number of carbonyl (C=O) groups excluding carboxylic acids is 1. The normalized spacial score (nSPS) is 14.2. The Morgan fingerprint density at radius 2 is 1.65 bits per heavy atom. The Balaban J connectivity index is 1.60. The third kappa shape index (κ3) is 4.87. The van der Waals surface area contributed by atoms with Gasteiger partial charge in [0.2, 0.25) is 0 Å². The molecule has 1 aliphatic rings. The van der Waals surface area contributed by atoms with Gasteiger partial charge in [0.05, 0.1) is 22.2 Å². The summed E-state index contributed by atoms with van der Waals surface area (Å²) < 4.78 is 27.7. The molecule has 1 aliphatic carbocycles. The van der Waals surface area contributed by atoms with Gasteiger partial charge in [-0.25, -0.2) is 8.42 Å². The number of anilines is 1. The largest absolute Gasteiger partial charge is 0.345 e. The minimum absolute atomic E-state index is 0.146. The Hall–Kier alpha value is -3.12. The van der Waals surface area contributed by atoms with Crippen molar-refractivity contribution in [1.29, 1.82) is 0 Å². The number of rotatable bonds is 7. The zero-order valence-corrected chi connectivity index (χ0v) is 20.9. The van der Waals surface area contributed by atoms with Gasteiger partial charge in [-0.1, -0.05) is 55.0 Å². The van der Waals surface area contributed by atoms with Crippen LogP contribution in [0.1, 0.15) is 64.8 Å². The summed E-state index contributed by atoms with van der Waals surface area (Å²) in [5, 5.41) is 3.14. The van der Waals surface area contributed by atoms with Gasteiger partial charge in [0, 0.05) is 7.05 Å². The number of amides is 1. The van der Waals surface area contributed by atoms with Crippen LogP contribution in [0.15, 0.2) is 71.6 Å². The lowest BCUT2D eigenvalue weighted by Crippen LogP contribution is -2.32. The van der Waals surface area contributed by atoms with E-state index in [2.05, 4.69) is 23.5 Å². The highest BCUT2D eigenvalue weighted by atomic mass is 32.2. The standard InChI is InChI=1S/C28H32N2O3S/c1-4-26(23-16-15-21-9-5-6-10-22(21)19-23)29-28(31)25-11-7-8-12-27(25)30(3)34(32,33)24-17-13-20(2)14-18-24/h7-8,11-19,26H,4-6,9-10H2,1-3H3,(H,29,31)/t26-/m0/s1. The fraction of sp³-hybridized carbons (Fsp3) is 0.321. The number of hydrogen-bond donors (Lipinski definition) is 1. The van der Waals surface area contributed by atoms with Crippen LogP contribution < -0.4 is 9.62 Å². The summed E-state index contributed by atoms with van der Waals surface area (Å²) in [6, 6.07) is 19.9. The lowest BCUT2D eigenvalue weighted by atomic mass is 9.88. The second-order valence-corrected chi connectivity index (χ2v) is 10.9. The molecule has 0 aliphatic heterocycles. The molecule has 0 bridgehead atoms. The van der Waals surface area contributed by atoms with Crippen LogP contribution in [0.25, 0.3) is 0 Å². The second kappa shape index (κ2) is 10.0. The Labute approximate surface area is 202 Å². The topological polar surface area (TPSA) is 66.5 Å². The van der Waals surface area contributed by atoms with Crippen molar-refractivity contribution in [3.63, 3.8) is 0 Å². The molecule has 0 spiro atoms. The van der Waals surface area contributed by atoms with E-state index in [1.807, 2.05) is 13.8 Å². The van der Waals surface area contributed by atoms with Crippen molar-refractivity contribution >= 4 is 21.6 Å². The zero-order chi connectivity index (χ0) is 24.3. The Morgan fingerprint density at radius 1 is 0.971 bits per heavy atom. The van der Waals surface area contributed by atoms with E-state index >= 15 is 0 Å². The van der Waals surface area contributed by atoms with Crippen LogP contribution in [-0.4, -0.2) is 21.4 Å². The van der Waals surface area contributed by atoms with Crippen LogP contribution in [0.5, 0.6) is 0 Å². The average molecular weight is 477 g/mol. The van der Waals surface area contributed by atoms with E-state index in [-0.39, 0.29) is 16.8 Å². The van der Waals surface area contributed by atoms with Crippen molar-refractivity contribution in [2.45, 2.75) is 56.9 Å². The molecular weight excluding hydrogens is 444 g/mol. The quantitative estimate of drug-likeness (QED) is 0.484. The first-order chi connectivity index (χ1) is 16.3. The van der Waals surface area contributed by atoms with Crippen LogP contribution in [0, 0.1) is 6.92 Å². The monoisotopic (exact) mass is 476 g/mol. The molecule has 0 fully saturated rings. The van der Waals surface area contributed by atoms with Crippen LogP contribution >= 0.6 is 0 Å². The van der Waals surface area contributed by atoms with Crippen LogP contribution in [0.2, 0.25) is 0 Å². The van der Waals surface area contributed by atoms with E-state index in [9.17, 15) is 13.2 Å². The highest BCUT2D eigenvalue weighted by Crippen LogP contribution is 2.29. The highest BCUT2D eigenvalue weighted by molar-refractivity contribution is 7.92. The van der Waals surface area contributed by atoms with Gasteiger partial charge in [0.15, 0.2) is 0 Å². The number of nitrogens with zero attached hydrogens (tertiary/aromatic N) is 1. The number of fused-ring (bicyclic) bond motifs is 1. The first-order valence-corrected chi connectivity index (χ1v) is 13.3. The first-order valence-electron chi connectivity index (χ1n) is 11.9. The van der Waals surface area contributed by atoms with E-state index in [0.29, 0.717) is 11.3 Å². The number of sulfonamides is 1. The molecule has 4 rings (SSSR count). The van der Waals surface area contributed by atoms with E-state index in [4.69, 9.17) is 0 Å². The van der Waals surface area contributed by atoms with Crippen molar-refractivity contribution in [1.82, 2.24) is 5.32 Å². The lowest BCUT2D eigenvalue weighted by molar-refractivity contribution is 0.0936. The lowest BCUT2D eigenvalue weighted by Gasteiger charge is -2.24. The molecule has 1 N–H and O–H groups in total. The van der Waals surface area contributed by atoms with Gasteiger partial charge in [-0.15, -0.1) is 0 Å². The van der Waals surface area contributed by atoms with Gasteiger partial charge in [-0.2, -0.15) is 0 Å². The first kappa shape index (κ1) is 24.0. The molecule has 0 saturated carbocycles. The second-order valence-electron chi connectivity index (χ2n) is 8.97. The number of aryl methyl sites for hydroxylation is 3. The molecule has 1 amide bonds. The van der Waals surface area contributed by atoms with Gasteiger partial charge < -0.3 is 5.32 Å². The van der Waals surface area contributed by atoms with Gasteiger partial charge in [0.25, 0.3) is 15.9 Å². The summed E-state index contributed by atoms with van der Waals surface area (Å²) in [5.74, 6) is -0.286. The summed E-state index contributed by atoms with van der Waals surface area (Å²) in [6.45, 7) is 3.96. The number of benzene rings is 3. The van der Waals surface area contributed by atoms with Crippen molar-refractivity contribution < 1.29 is 13.2 Å². The Morgan fingerprint density at radius 3 is 2.35 bits per heavy atom. The maximum Gasteiger partial charge on any atom is 0.264 e. The highest BCUT2D eigenvalue weighted by Gasteiger charge is 2.26. The zero-order valence-electron chi connectivity index (χ0n) is 20.0. The molecule has 0 aromatic heterocycles. The molecular formula is C28H32N2O3S. The van der Waals surface area contributed by atoms with Crippen molar-refractivity contribution in [2.75, 3.05) is 11.4 Å². The SMILES string of the molecule is CC[C@H](NC(=O)c1ccccc1N(C)S(=O)(=O)c1ccc(C)cc1)c1ccc2c(c1)CCCC2. The third-order valence-corrected chi connectivity index (χ3v) is 8.44. The van der Waals surface area contributed by atoms with E-state index in [1.54, 1.807) is 48.5 Å². The summed E-state index contributed by atoms with van der Waals surface area (Å²) in [5.41, 5.74) is 5.53. The van der Waals surface area contributed by atoms with Crippen molar-refractivity contribution in [2.24, 2.45) is 0 Å². The molecule has 0 radical (unpaired) electrons. The maximum atomic E-state index is 13.4. The van der Waals surface area contributed by atoms with Gasteiger partial charge >= 0.3 is 0 Å². The van der Waals surface area contributed by atoms with Crippen LogP contribution in [0.3, 0.4) is 0 Å². The summed E-state index contributed by atoms with van der Waals surface area (Å²) in [4.78, 5) is 13.6. The molecule has 178 valence electrons. The summed E-state index contributed by atoms with van der Waals surface area (Å²) in [6.07, 6.45) is 5.38. The Bertz CT molecular complexity index is 1280. The molecule has 0 saturated heterocycles. The molecule has 3 aromatic carbocycles. The smallest absolute Gasteiger partial charge is 0.264 e. The minimum atomic E-state index is -3.81. The number of hydrogen-bond acceptors (Lipinski definition) is 3. The summed E-state index contributed by atoms with van der Waals surface area (Å²) in [7, 11) is -2.32. The molecule has 3 aromatic rings. The number of para-hydroxylation sites is 1. The van der Waals surface area contributed by atoms with E-state index in [0.717, 1.165) is 30.4 Å². The van der Waals surface area contributed by atoms with E-state index < -0.39 is 10.0 Å². The minimum Gasteiger partial charge on any atom is -0.345 e. The molecule has 5 nitrogen and oxygen atoms in total. The molecule has 1 atom stereocenters. The Kier molecular flexibility index (Phi) is 7.08. The summed E-state index contributed by atoms with van der Waals surface area (Å²) >= 11 is 0. The number of carbonyl (C=O) groups is 1. The fourth-order valence-corrected chi connectivity index (χ4v) is 5.78. The average Bonchev–Trinajstić information content (AvgIpc) is 2.86. The molecule has 0 unspecified atom stereocenters. The van der Waals surface area contributed by atoms with Crippen LogP contribution in [-0.2, 0) is 22.9 Å². The van der Waals surface area contributed by atoms with Gasteiger partial charge in [-0.3, -0.25) is 9.10 Å². The van der Waals surface area contributed by atoms with Crippen LogP contribution in [0.4, 0.5) is 5.69 Å². The van der Waals surface area contributed by atoms with Crippen molar-refractivity contribution in [3.8, 4) is 0 Å². The fourth-order valence-electron chi connectivity index (χ4n) is 4.57. The van der Waals surface area contributed by atoms with E-state index in [1.165, 1.54) is 35.3 Å². The predicted octanol–water partition coefficient (Wildman–Crippen LogP) is 5.58. The van der Waals surface area contributed by atoms with Crippen molar-refractivity contribution in [3.05, 3.63) is 94.5 Å². The molecule has 34 heavy (non-hydrogen) atoms. The van der Waals surface area contributed by atoms with Gasteiger partial charge in [-0.05, 0) is 80.0 Å². The van der Waals surface area contributed by atoms with Gasteiger partial charge in [0.1, 0.15) is 0 Å². The predicted molar refractivity (Wildman–Crippen MR) is 137 cm³/mol. The third-order valence-electron chi connectivity index (χ3n) is 6.66. The molecule has 0 heterocycles. The maximum absolute atomic E-state index is 13.4. The number of nitrogens with one attached hydrogen (secondary N) is 1.